The first-order valence-corrected chi connectivity index (χ1v) is 13.2. The summed E-state index contributed by atoms with van der Waals surface area (Å²) in [6.45, 7) is 4.76. The third-order valence-electron chi connectivity index (χ3n) is 5.48. The Morgan fingerprint density at radius 1 is 1.09 bits per heavy atom. The van der Waals surface area contributed by atoms with Gasteiger partial charge in [0, 0.05) is 18.7 Å². The smallest absolute Gasteiger partial charge is 0.244 e. The summed E-state index contributed by atoms with van der Waals surface area (Å²) in [6.07, 6.45) is 2.63. The van der Waals surface area contributed by atoms with Crippen LogP contribution >= 0.6 is 0 Å². The number of unbranched alkanes of at least 4 members (excludes halogenated alkanes) is 1. The average molecular weight is 506 g/mol. The Morgan fingerprint density at radius 2 is 1.74 bits per heavy atom. The number of Topliss-reactive ketones (excluding diaryl/α,β-unsaturated/α-hetero) is 1. The Labute approximate surface area is 206 Å². The lowest BCUT2D eigenvalue weighted by atomic mass is 10.1. The van der Waals surface area contributed by atoms with E-state index in [1.807, 2.05) is 6.92 Å². The second kappa shape index (κ2) is 12.4. The maximum Gasteiger partial charge on any atom is 0.244 e. The van der Waals surface area contributed by atoms with Crippen molar-refractivity contribution in [1.29, 1.82) is 0 Å². The van der Waals surface area contributed by atoms with Gasteiger partial charge in [0.2, 0.25) is 21.8 Å². The molecule has 0 saturated carbocycles. The fourth-order valence-corrected chi connectivity index (χ4v) is 4.24. The number of sulfonamides is 1. The molecule has 0 aliphatic carbocycles. The highest BCUT2D eigenvalue weighted by Crippen LogP contribution is 2.21. The van der Waals surface area contributed by atoms with Gasteiger partial charge in [-0.25, -0.2) is 12.8 Å². The summed E-state index contributed by atoms with van der Waals surface area (Å²) in [7, 11) is -3.91. The van der Waals surface area contributed by atoms with Gasteiger partial charge in [-0.1, -0.05) is 37.6 Å². The molecule has 0 bridgehead atoms. The van der Waals surface area contributed by atoms with E-state index in [9.17, 15) is 27.2 Å². The van der Waals surface area contributed by atoms with Crippen LogP contribution in [0.5, 0.6) is 0 Å². The number of benzene rings is 2. The van der Waals surface area contributed by atoms with Crippen molar-refractivity contribution >= 4 is 33.3 Å². The highest BCUT2D eigenvalue weighted by Gasteiger charge is 2.30. The summed E-state index contributed by atoms with van der Waals surface area (Å²) in [5.74, 6) is -1.68. The van der Waals surface area contributed by atoms with E-state index in [0.717, 1.165) is 23.4 Å². The molecule has 0 radical (unpaired) electrons. The zero-order chi connectivity index (χ0) is 26.2. The topological polar surface area (TPSA) is 104 Å². The number of amides is 2. The first-order chi connectivity index (χ1) is 16.4. The molecule has 0 heterocycles. The van der Waals surface area contributed by atoms with Gasteiger partial charge in [-0.3, -0.25) is 18.7 Å². The molecule has 1 unspecified atom stereocenters. The molecule has 0 fully saturated rings. The molecular weight excluding hydrogens is 473 g/mol. The molecule has 1 atom stereocenters. The quantitative estimate of drug-likeness (QED) is 0.353. The minimum absolute atomic E-state index is 0.0213. The lowest BCUT2D eigenvalue weighted by Gasteiger charge is -2.31. The van der Waals surface area contributed by atoms with Crippen LogP contribution in [0, 0.1) is 5.82 Å². The zero-order valence-corrected chi connectivity index (χ0v) is 21.3. The molecule has 10 heteroatoms. The molecule has 1 N–H and O–H groups in total. The molecule has 2 amide bonds. The molecule has 0 aliphatic rings. The third-order valence-corrected chi connectivity index (χ3v) is 6.62. The second-order valence-electron chi connectivity index (χ2n) is 8.34. The minimum Gasteiger partial charge on any atom is -0.354 e. The average Bonchev–Trinajstić information content (AvgIpc) is 2.81. The molecule has 0 saturated heterocycles. The van der Waals surface area contributed by atoms with Gasteiger partial charge in [0.25, 0.3) is 0 Å². The number of ketones is 1. The number of carbonyl (C=O) groups is 3. The molecule has 0 aromatic heterocycles. The lowest BCUT2D eigenvalue weighted by Crippen LogP contribution is -2.51. The van der Waals surface area contributed by atoms with E-state index in [-0.39, 0.29) is 23.9 Å². The molecule has 2 aromatic rings. The number of hydrogen-bond acceptors (Lipinski definition) is 5. The van der Waals surface area contributed by atoms with E-state index < -0.39 is 34.3 Å². The predicted octanol–water partition coefficient (Wildman–Crippen LogP) is 3.13. The van der Waals surface area contributed by atoms with Gasteiger partial charge in [0.15, 0.2) is 5.78 Å². The first-order valence-electron chi connectivity index (χ1n) is 11.3. The Balaban J connectivity index is 2.38. The number of anilines is 1. The van der Waals surface area contributed by atoms with Crippen LogP contribution in [0.2, 0.25) is 0 Å². The van der Waals surface area contributed by atoms with Crippen LogP contribution in [0.4, 0.5) is 10.1 Å². The summed E-state index contributed by atoms with van der Waals surface area (Å²) in [6, 6.07) is 10.6. The molecular formula is C25H32FN3O5S. The molecule has 8 nitrogen and oxygen atoms in total. The lowest BCUT2D eigenvalue weighted by molar-refractivity contribution is -0.139. The van der Waals surface area contributed by atoms with Gasteiger partial charge >= 0.3 is 0 Å². The fourth-order valence-electron chi connectivity index (χ4n) is 3.40. The van der Waals surface area contributed by atoms with E-state index in [1.165, 1.54) is 54.3 Å². The van der Waals surface area contributed by atoms with Crippen LogP contribution in [0.25, 0.3) is 0 Å². The number of nitrogens with one attached hydrogen (secondary N) is 1. The van der Waals surface area contributed by atoms with Gasteiger partial charge in [0.05, 0.1) is 11.9 Å². The Kier molecular flexibility index (Phi) is 9.94. The number of rotatable bonds is 12. The monoisotopic (exact) mass is 505 g/mol. The number of nitrogens with zero attached hydrogens (tertiary/aromatic N) is 2. The largest absolute Gasteiger partial charge is 0.354 e. The maximum atomic E-state index is 13.4. The molecule has 0 aliphatic heterocycles. The maximum absolute atomic E-state index is 13.4. The predicted molar refractivity (Wildman–Crippen MR) is 133 cm³/mol. The van der Waals surface area contributed by atoms with Crippen molar-refractivity contribution in [3.63, 3.8) is 0 Å². The van der Waals surface area contributed by atoms with Gasteiger partial charge in [-0.2, -0.15) is 0 Å². The second-order valence-corrected chi connectivity index (χ2v) is 10.3. The van der Waals surface area contributed by atoms with E-state index in [0.29, 0.717) is 17.7 Å². The fraction of sp³-hybridized carbons (Fsp3) is 0.400. The van der Waals surface area contributed by atoms with Crippen LogP contribution in [0.15, 0.2) is 48.5 Å². The highest BCUT2D eigenvalue weighted by atomic mass is 32.2. The normalized spacial score (nSPS) is 12.0. The van der Waals surface area contributed by atoms with E-state index in [4.69, 9.17) is 0 Å². The number of halogens is 1. The van der Waals surface area contributed by atoms with E-state index in [2.05, 4.69) is 5.32 Å². The van der Waals surface area contributed by atoms with E-state index in [1.54, 1.807) is 13.0 Å². The molecule has 190 valence electrons. The van der Waals surface area contributed by atoms with Crippen molar-refractivity contribution in [2.45, 2.75) is 46.2 Å². The third kappa shape index (κ3) is 8.17. The SMILES string of the molecule is CCCCNC(=O)C(C)N(Cc1ccc(F)cc1)C(=O)CN(c1cccc(C(C)=O)c1)S(C)(=O)=O. The van der Waals surface area contributed by atoms with Gasteiger partial charge in [0.1, 0.15) is 18.4 Å². The molecule has 0 spiro atoms. The standard InChI is InChI=1S/C25H32FN3O5S/c1-5-6-14-27-25(32)18(2)28(16-20-10-12-22(26)13-11-20)24(31)17-29(35(4,33)34)23-9-7-8-21(15-23)19(3)30/h7-13,15,18H,5-6,14,16-17H2,1-4H3,(H,27,32). The van der Waals surface area contributed by atoms with Crippen molar-refractivity contribution < 1.29 is 27.2 Å². The first kappa shape index (κ1) is 28.0. The van der Waals surface area contributed by atoms with Crippen LogP contribution in [-0.4, -0.2) is 56.3 Å². The Hall–Kier alpha value is -3.27. The molecule has 2 aromatic carbocycles. The summed E-state index contributed by atoms with van der Waals surface area (Å²) in [5, 5.41) is 2.79. The van der Waals surface area contributed by atoms with Crippen LogP contribution in [-0.2, 0) is 26.2 Å². The van der Waals surface area contributed by atoms with Crippen LogP contribution < -0.4 is 9.62 Å². The van der Waals surface area contributed by atoms with Gasteiger partial charge < -0.3 is 10.2 Å². The van der Waals surface area contributed by atoms with Crippen LogP contribution in [0.1, 0.15) is 49.5 Å². The Bertz CT molecular complexity index is 1150. The van der Waals surface area contributed by atoms with Gasteiger partial charge in [-0.05, 0) is 50.1 Å². The number of hydrogen-bond donors (Lipinski definition) is 1. The van der Waals surface area contributed by atoms with E-state index >= 15 is 0 Å². The van der Waals surface area contributed by atoms with Crippen LogP contribution in [0.3, 0.4) is 0 Å². The molecule has 2 rings (SSSR count). The summed E-state index contributed by atoms with van der Waals surface area (Å²) >= 11 is 0. The zero-order valence-electron chi connectivity index (χ0n) is 20.5. The summed E-state index contributed by atoms with van der Waals surface area (Å²) in [4.78, 5) is 39.2. The highest BCUT2D eigenvalue weighted by molar-refractivity contribution is 7.92. The van der Waals surface area contributed by atoms with Crippen molar-refractivity contribution in [3.8, 4) is 0 Å². The van der Waals surface area contributed by atoms with Crippen molar-refractivity contribution in [2.24, 2.45) is 0 Å². The van der Waals surface area contributed by atoms with Crippen molar-refractivity contribution in [3.05, 3.63) is 65.5 Å². The number of carbonyl (C=O) groups excluding carboxylic acids is 3. The van der Waals surface area contributed by atoms with Crippen molar-refractivity contribution in [1.82, 2.24) is 10.2 Å². The van der Waals surface area contributed by atoms with Crippen molar-refractivity contribution in [2.75, 3.05) is 23.7 Å². The Morgan fingerprint density at radius 3 is 2.31 bits per heavy atom. The van der Waals surface area contributed by atoms with Gasteiger partial charge in [-0.15, -0.1) is 0 Å². The summed E-state index contributed by atoms with van der Waals surface area (Å²) in [5.41, 5.74) is 1.04. The molecule has 35 heavy (non-hydrogen) atoms. The minimum atomic E-state index is -3.91. The summed E-state index contributed by atoms with van der Waals surface area (Å²) < 4.78 is 39.5.